The van der Waals surface area contributed by atoms with Gasteiger partial charge in [-0.3, -0.25) is 5.32 Å². The maximum atomic E-state index is 12.5. The molecule has 3 rings (SSSR count). The van der Waals surface area contributed by atoms with Crippen LogP contribution in [-0.4, -0.2) is 34.6 Å². The van der Waals surface area contributed by atoms with Crippen LogP contribution in [0.5, 0.6) is 0 Å². The van der Waals surface area contributed by atoms with E-state index in [-0.39, 0.29) is 6.03 Å². The van der Waals surface area contributed by atoms with Crippen molar-refractivity contribution in [3.05, 3.63) is 34.8 Å². The first-order valence-corrected chi connectivity index (χ1v) is 7.90. The number of ether oxygens (including phenoxy) is 1. The predicted octanol–water partition coefficient (Wildman–Crippen LogP) is 2.22. The zero-order chi connectivity index (χ0) is 17.2. The molecule has 0 saturated carbocycles. The van der Waals surface area contributed by atoms with Crippen LogP contribution >= 0.6 is 0 Å². The van der Waals surface area contributed by atoms with E-state index in [0.29, 0.717) is 37.6 Å². The first-order chi connectivity index (χ1) is 11.5. The van der Waals surface area contributed by atoms with E-state index in [9.17, 15) is 4.79 Å². The van der Waals surface area contributed by atoms with Crippen molar-refractivity contribution < 1.29 is 14.1 Å². The third-order valence-electron chi connectivity index (χ3n) is 4.27. The van der Waals surface area contributed by atoms with E-state index in [1.807, 2.05) is 26.8 Å². The maximum Gasteiger partial charge on any atom is 0.321 e. The summed E-state index contributed by atoms with van der Waals surface area (Å²) in [7, 11) is 0. The van der Waals surface area contributed by atoms with Gasteiger partial charge in [0, 0.05) is 32.1 Å². The van der Waals surface area contributed by atoms with E-state index in [2.05, 4.69) is 26.0 Å². The highest BCUT2D eigenvalue weighted by Crippen LogP contribution is 2.32. The SMILES string of the molecule is Cc1cc(C2(NC(=O)Nc3cc(C)c(C)nn3)CCOCC2)on1. The van der Waals surface area contributed by atoms with E-state index in [0.717, 1.165) is 17.0 Å². The Morgan fingerprint density at radius 1 is 1.17 bits per heavy atom. The normalized spacial score (nSPS) is 16.6. The molecule has 0 aliphatic carbocycles. The lowest BCUT2D eigenvalue weighted by atomic mass is 9.87. The molecule has 2 N–H and O–H groups in total. The van der Waals surface area contributed by atoms with Gasteiger partial charge in [-0.2, -0.15) is 5.10 Å². The molecule has 0 atom stereocenters. The van der Waals surface area contributed by atoms with Gasteiger partial charge in [-0.05, 0) is 32.4 Å². The summed E-state index contributed by atoms with van der Waals surface area (Å²) in [5.41, 5.74) is 1.94. The second kappa shape index (κ2) is 6.56. The van der Waals surface area contributed by atoms with Crippen molar-refractivity contribution in [2.75, 3.05) is 18.5 Å². The molecule has 8 heteroatoms. The summed E-state index contributed by atoms with van der Waals surface area (Å²) in [5.74, 6) is 1.05. The molecule has 8 nitrogen and oxygen atoms in total. The lowest BCUT2D eigenvalue weighted by Crippen LogP contribution is -2.50. The van der Waals surface area contributed by atoms with Crippen LogP contribution in [0.25, 0.3) is 0 Å². The lowest BCUT2D eigenvalue weighted by molar-refractivity contribution is 0.0307. The maximum absolute atomic E-state index is 12.5. The van der Waals surface area contributed by atoms with Gasteiger partial charge in [0.2, 0.25) is 0 Å². The van der Waals surface area contributed by atoms with Gasteiger partial charge < -0.3 is 14.6 Å². The quantitative estimate of drug-likeness (QED) is 0.894. The molecule has 1 fully saturated rings. The molecule has 0 spiro atoms. The summed E-state index contributed by atoms with van der Waals surface area (Å²) in [6.45, 7) is 6.73. The average molecular weight is 331 g/mol. The van der Waals surface area contributed by atoms with Crippen LogP contribution in [0.15, 0.2) is 16.7 Å². The number of nitrogens with zero attached hydrogens (tertiary/aromatic N) is 3. The molecule has 3 heterocycles. The number of amides is 2. The Bertz CT molecular complexity index is 737. The van der Waals surface area contributed by atoms with E-state index in [4.69, 9.17) is 9.26 Å². The van der Waals surface area contributed by atoms with Crippen molar-refractivity contribution in [2.45, 2.75) is 39.2 Å². The minimum absolute atomic E-state index is 0.358. The van der Waals surface area contributed by atoms with Crippen LogP contribution < -0.4 is 10.6 Å². The van der Waals surface area contributed by atoms with Crippen LogP contribution in [0, 0.1) is 20.8 Å². The van der Waals surface area contributed by atoms with E-state index >= 15 is 0 Å². The molecule has 0 unspecified atom stereocenters. The fourth-order valence-electron chi connectivity index (χ4n) is 2.71. The summed E-state index contributed by atoms with van der Waals surface area (Å²) in [6, 6.07) is 3.28. The number of nitrogens with one attached hydrogen (secondary N) is 2. The summed E-state index contributed by atoms with van der Waals surface area (Å²) in [4.78, 5) is 12.5. The monoisotopic (exact) mass is 331 g/mol. The van der Waals surface area contributed by atoms with Crippen molar-refractivity contribution in [3.8, 4) is 0 Å². The largest absolute Gasteiger partial charge is 0.381 e. The van der Waals surface area contributed by atoms with Crippen LogP contribution in [0.3, 0.4) is 0 Å². The lowest BCUT2D eigenvalue weighted by Gasteiger charge is -2.35. The zero-order valence-corrected chi connectivity index (χ0v) is 14.0. The van der Waals surface area contributed by atoms with Gasteiger partial charge in [-0.1, -0.05) is 5.16 Å². The van der Waals surface area contributed by atoms with E-state index in [1.54, 1.807) is 6.07 Å². The summed E-state index contributed by atoms with van der Waals surface area (Å²) < 4.78 is 10.8. The Labute approximate surface area is 140 Å². The fraction of sp³-hybridized carbons (Fsp3) is 0.500. The van der Waals surface area contributed by atoms with Crippen LogP contribution in [0.4, 0.5) is 10.6 Å². The summed E-state index contributed by atoms with van der Waals surface area (Å²) in [5, 5.41) is 17.7. The van der Waals surface area contributed by atoms with Crippen molar-refractivity contribution in [3.63, 3.8) is 0 Å². The topological polar surface area (TPSA) is 102 Å². The van der Waals surface area contributed by atoms with E-state index < -0.39 is 5.54 Å². The highest BCUT2D eigenvalue weighted by Gasteiger charge is 2.39. The van der Waals surface area contributed by atoms with Gasteiger partial charge >= 0.3 is 6.03 Å². The molecule has 1 saturated heterocycles. The first kappa shape index (κ1) is 16.4. The van der Waals surface area contributed by atoms with Gasteiger partial charge in [-0.25, -0.2) is 4.79 Å². The van der Waals surface area contributed by atoms with E-state index in [1.165, 1.54) is 0 Å². The molecular weight excluding hydrogens is 310 g/mol. The van der Waals surface area contributed by atoms with Crippen LogP contribution in [0.1, 0.15) is 35.6 Å². The summed E-state index contributed by atoms with van der Waals surface area (Å²) in [6.07, 6.45) is 1.24. The minimum atomic E-state index is -0.628. The number of anilines is 1. The second-order valence-electron chi connectivity index (χ2n) is 6.10. The van der Waals surface area contributed by atoms with Crippen molar-refractivity contribution >= 4 is 11.8 Å². The third kappa shape index (κ3) is 3.38. The molecule has 2 aromatic heterocycles. The average Bonchev–Trinajstić information content (AvgIpc) is 2.99. The molecule has 1 aliphatic rings. The van der Waals surface area contributed by atoms with Gasteiger partial charge in [0.1, 0.15) is 5.54 Å². The smallest absolute Gasteiger partial charge is 0.321 e. The Morgan fingerprint density at radius 2 is 1.92 bits per heavy atom. The fourth-order valence-corrected chi connectivity index (χ4v) is 2.71. The molecule has 2 amide bonds. The molecule has 128 valence electrons. The predicted molar refractivity (Wildman–Crippen MR) is 86.6 cm³/mol. The number of carbonyl (C=O) groups is 1. The Morgan fingerprint density at radius 3 is 2.54 bits per heavy atom. The van der Waals surface area contributed by atoms with Gasteiger partial charge in [0.05, 0.1) is 11.4 Å². The van der Waals surface area contributed by atoms with Crippen LogP contribution in [-0.2, 0) is 10.3 Å². The highest BCUT2D eigenvalue weighted by atomic mass is 16.5. The number of aromatic nitrogens is 3. The molecular formula is C16H21N5O3. The van der Waals surface area contributed by atoms with Gasteiger partial charge in [-0.15, -0.1) is 5.10 Å². The standard InChI is InChI=1S/C16H21N5O3/c1-10-8-14(20-19-12(10)3)17-15(22)18-16(4-6-23-7-5-16)13-9-11(2)21-24-13/h8-9H,4-7H2,1-3H3,(H2,17,18,20,22). The number of hydrogen-bond donors (Lipinski definition) is 2. The van der Waals surface area contributed by atoms with Gasteiger partial charge in [0.25, 0.3) is 0 Å². The molecule has 0 bridgehead atoms. The van der Waals surface area contributed by atoms with Gasteiger partial charge in [0.15, 0.2) is 11.6 Å². The second-order valence-corrected chi connectivity index (χ2v) is 6.10. The van der Waals surface area contributed by atoms with Crippen LogP contribution in [0.2, 0.25) is 0 Å². The molecule has 24 heavy (non-hydrogen) atoms. The number of hydrogen-bond acceptors (Lipinski definition) is 6. The number of urea groups is 1. The summed E-state index contributed by atoms with van der Waals surface area (Å²) >= 11 is 0. The molecule has 1 aliphatic heterocycles. The molecule has 0 radical (unpaired) electrons. The first-order valence-electron chi connectivity index (χ1n) is 7.90. The highest BCUT2D eigenvalue weighted by molar-refractivity contribution is 5.88. The van der Waals surface area contributed by atoms with Crippen molar-refractivity contribution in [1.29, 1.82) is 0 Å². The number of carbonyl (C=O) groups excluding carboxylic acids is 1. The number of aryl methyl sites for hydroxylation is 3. The zero-order valence-electron chi connectivity index (χ0n) is 14.0. The molecule has 0 aromatic carbocycles. The Balaban J connectivity index is 1.77. The van der Waals surface area contributed by atoms with Crippen molar-refractivity contribution in [2.24, 2.45) is 0 Å². The van der Waals surface area contributed by atoms with Crippen molar-refractivity contribution in [1.82, 2.24) is 20.7 Å². The number of rotatable bonds is 3. The Kier molecular flexibility index (Phi) is 4.48. The minimum Gasteiger partial charge on any atom is -0.381 e. The third-order valence-corrected chi connectivity index (χ3v) is 4.27. The molecule has 2 aromatic rings. The Hall–Kier alpha value is -2.48.